The quantitative estimate of drug-likeness (QED) is 0.360. The van der Waals surface area contributed by atoms with E-state index < -0.39 is 0 Å². The number of unbranched alkanes of at least 4 members (excludes halogenated alkanes) is 6. The molecule has 0 fully saturated rings. The summed E-state index contributed by atoms with van der Waals surface area (Å²) in [7, 11) is 0. The van der Waals surface area contributed by atoms with E-state index in [-0.39, 0.29) is 39.9 Å². The average molecular weight is 347 g/mol. The first-order chi connectivity index (χ1) is 9.54. The van der Waals surface area contributed by atoms with Crippen molar-refractivity contribution in [3.05, 3.63) is 0 Å². The summed E-state index contributed by atoms with van der Waals surface area (Å²) in [6.07, 6.45) is 9.55. The molecule has 21 heavy (non-hydrogen) atoms. The maximum atomic E-state index is 5.12. The van der Waals surface area contributed by atoms with Crippen LogP contribution in [0.4, 0.5) is 0 Å². The summed E-state index contributed by atoms with van der Waals surface area (Å²) >= 11 is 9.06. The predicted octanol–water partition coefficient (Wildman–Crippen LogP) is 3.01. The van der Waals surface area contributed by atoms with Gasteiger partial charge in [0.1, 0.15) is 0 Å². The van der Waals surface area contributed by atoms with Gasteiger partial charge in [-0.15, -0.1) is 0 Å². The summed E-state index contributed by atoms with van der Waals surface area (Å²) < 4.78 is 9.80. The van der Waals surface area contributed by atoms with Crippen LogP contribution in [-0.2, 0) is 9.47 Å². The minimum absolute atomic E-state index is 0. The van der Waals surface area contributed by atoms with Gasteiger partial charge in [0.15, 0.2) is 0 Å². The van der Waals surface area contributed by atoms with E-state index in [4.69, 9.17) is 20.9 Å². The number of thiocarbonyl (C=S) groups is 2. The molecule has 0 saturated carbocycles. The molecule has 0 aliphatic carbocycles. The van der Waals surface area contributed by atoms with E-state index >= 15 is 0 Å². The van der Waals surface area contributed by atoms with Gasteiger partial charge in [0.05, 0.1) is 13.2 Å². The molecule has 0 spiro atoms. The molecule has 0 unspecified atom stereocenters. The number of nitrogens with two attached hydrogens (primary N) is 2. The molecular weight excluding hydrogens is 315 g/mol. The van der Waals surface area contributed by atoms with Gasteiger partial charge in [-0.3, -0.25) is 0 Å². The Labute approximate surface area is 163 Å². The summed E-state index contributed by atoms with van der Waals surface area (Å²) in [5.41, 5.74) is 10.2. The number of hydrogen-bond acceptors (Lipinski definition) is 4. The summed E-state index contributed by atoms with van der Waals surface area (Å²) in [5, 5.41) is 0.327. The van der Waals surface area contributed by atoms with E-state index in [1.54, 1.807) is 0 Å². The van der Waals surface area contributed by atoms with Crippen LogP contribution in [0.3, 0.4) is 0 Å². The molecule has 4 nitrogen and oxygen atoms in total. The van der Waals surface area contributed by atoms with Crippen LogP contribution < -0.4 is 11.5 Å². The summed E-state index contributed by atoms with van der Waals surface area (Å²) in [6.45, 7) is 5.70. The normalized spacial score (nSPS) is 8.86. The van der Waals surface area contributed by atoms with Crippen LogP contribution in [0.15, 0.2) is 0 Å². The van der Waals surface area contributed by atoms with Crippen LogP contribution in [0.25, 0.3) is 0 Å². The van der Waals surface area contributed by atoms with Gasteiger partial charge in [-0.2, -0.15) is 0 Å². The van der Waals surface area contributed by atoms with Crippen LogP contribution >= 0.6 is 24.4 Å². The molecule has 0 aliphatic heterocycles. The molecule has 0 aromatic heterocycles. The molecule has 7 heteroatoms. The molecule has 122 valence electrons. The Hall–Kier alpha value is 0.380. The summed E-state index contributed by atoms with van der Waals surface area (Å²) in [4.78, 5) is 0. The van der Waals surface area contributed by atoms with Crippen LogP contribution in [0, 0.1) is 0 Å². The van der Waals surface area contributed by atoms with Gasteiger partial charge in [0, 0.05) is 0 Å². The Morgan fingerprint density at radius 1 is 0.714 bits per heavy atom. The van der Waals surface area contributed by atoms with Crippen LogP contribution in [0.5, 0.6) is 0 Å². The number of rotatable bonds is 10. The van der Waals surface area contributed by atoms with Crippen molar-refractivity contribution in [3.63, 3.8) is 0 Å². The second-order valence-electron chi connectivity index (χ2n) is 4.46. The van der Waals surface area contributed by atoms with Crippen molar-refractivity contribution in [2.75, 3.05) is 13.2 Å². The van der Waals surface area contributed by atoms with Crippen LogP contribution in [-0.4, -0.2) is 53.1 Å². The van der Waals surface area contributed by atoms with Gasteiger partial charge in [0.25, 0.3) is 10.3 Å². The molecule has 0 amide bonds. The van der Waals surface area contributed by atoms with E-state index in [9.17, 15) is 0 Å². The third-order valence-electron chi connectivity index (χ3n) is 2.48. The number of hydrogen-bond donors (Lipinski definition) is 2. The van der Waals surface area contributed by atoms with E-state index in [0.29, 0.717) is 13.2 Å². The van der Waals surface area contributed by atoms with Gasteiger partial charge in [-0.1, -0.05) is 52.4 Å². The third kappa shape index (κ3) is 33.3. The first-order valence-corrected chi connectivity index (χ1v) is 8.20. The monoisotopic (exact) mass is 346 g/mol. The standard InChI is InChI=1S/2C7H15NOS.Na.H/c2*1-2-3-4-5-6-9-7(8)10;;/h2*2-6H2,1H3,(H2,8,10);;. The average Bonchev–Trinajstić information content (AvgIpc) is 2.38. The molecule has 0 radical (unpaired) electrons. The van der Waals surface area contributed by atoms with Crippen LogP contribution in [0.2, 0.25) is 0 Å². The fourth-order valence-electron chi connectivity index (χ4n) is 1.40. The molecule has 0 aliphatic rings. The van der Waals surface area contributed by atoms with Crippen molar-refractivity contribution in [2.45, 2.75) is 65.2 Å². The van der Waals surface area contributed by atoms with Crippen molar-refractivity contribution in [1.29, 1.82) is 0 Å². The van der Waals surface area contributed by atoms with Crippen molar-refractivity contribution in [3.8, 4) is 0 Å². The first kappa shape index (κ1) is 26.3. The number of ether oxygens (including phenoxy) is 2. The van der Waals surface area contributed by atoms with Crippen molar-refractivity contribution >= 4 is 64.3 Å². The summed E-state index contributed by atoms with van der Waals surface area (Å²) in [6, 6.07) is 0. The Bertz CT molecular complexity index is 221. The van der Waals surface area contributed by atoms with Gasteiger partial charge in [0.2, 0.25) is 0 Å². The molecule has 0 bridgehead atoms. The van der Waals surface area contributed by atoms with Gasteiger partial charge < -0.3 is 20.9 Å². The third-order valence-corrected chi connectivity index (χ3v) is 2.72. The van der Waals surface area contributed by atoms with E-state index in [1.807, 2.05) is 0 Å². The summed E-state index contributed by atoms with van der Waals surface area (Å²) in [5.74, 6) is 0. The molecule has 0 rings (SSSR count). The first-order valence-electron chi connectivity index (χ1n) is 7.39. The fourth-order valence-corrected chi connectivity index (χ4v) is 1.57. The molecule has 0 heterocycles. The van der Waals surface area contributed by atoms with E-state index in [0.717, 1.165) is 12.8 Å². The predicted molar refractivity (Wildman–Crippen MR) is 101 cm³/mol. The Balaban J connectivity index is -0.000000295. The molecule has 0 aromatic rings. The fraction of sp³-hybridized carbons (Fsp3) is 0.857. The molecule has 4 N–H and O–H groups in total. The molecule has 0 saturated heterocycles. The SMILES string of the molecule is CCCCCCOC(N)=S.CCCCCCOC(N)=S.[NaH]. The second kappa shape index (κ2) is 22.7. The van der Waals surface area contributed by atoms with Crippen molar-refractivity contribution < 1.29 is 9.47 Å². The topological polar surface area (TPSA) is 70.5 Å². The zero-order valence-corrected chi connectivity index (χ0v) is 14.5. The van der Waals surface area contributed by atoms with Crippen molar-refractivity contribution in [2.24, 2.45) is 11.5 Å². The Kier molecular flexibility index (Phi) is 28.4. The molecule has 0 aromatic carbocycles. The van der Waals surface area contributed by atoms with Crippen molar-refractivity contribution in [1.82, 2.24) is 0 Å². The molecular formula is C14H31N2NaO2S2. The van der Waals surface area contributed by atoms with Gasteiger partial charge in [-0.25, -0.2) is 0 Å². The Morgan fingerprint density at radius 2 is 1.05 bits per heavy atom. The molecule has 0 atom stereocenters. The minimum atomic E-state index is 0. The van der Waals surface area contributed by atoms with Gasteiger partial charge >= 0.3 is 29.6 Å². The Morgan fingerprint density at radius 3 is 1.29 bits per heavy atom. The van der Waals surface area contributed by atoms with Crippen LogP contribution in [0.1, 0.15) is 65.2 Å². The van der Waals surface area contributed by atoms with Gasteiger partial charge in [-0.05, 0) is 37.3 Å². The maximum absolute atomic E-state index is 5.12. The zero-order valence-electron chi connectivity index (χ0n) is 12.9. The van der Waals surface area contributed by atoms with E-state index in [1.165, 1.54) is 38.5 Å². The van der Waals surface area contributed by atoms with E-state index in [2.05, 4.69) is 38.3 Å². The zero-order chi connectivity index (χ0) is 15.6. The second-order valence-corrected chi connectivity index (χ2v) is 5.26.